The lowest BCUT2D eigenvalue weighted by Gasteiger charge is -2.18. The highest BCUT2D eigenvalue weighted by molar-refractivity contribution is 6.32. The van der Waals surface area contributed by atoms with Crippen LogP contribution >= 0.6 is 11.6 Å². The number of halogens is 1. The first-order valence-electron chi connectivity index (χ1n) is 9.10. The number of Topliss-reactive ketones (excluding diaryl/α,β-unsaturated/α-hetero) is 1. The van der Waals surface area contributed by atoms with Gasteiger partial charge in [-0.05, 0) is 43.3 Å². The Balaban J connectivity index is 1.89. The van der Waals surface area contributed by atoms with Crippen molar-refractivity contribution in [3.05, 3.63) is 59.1 Å². The zero-order chi connectivity index (χ0) is 21.6. The van der Waals surface area contributed by atoms with Gasteiger partial charge in [-0.25, -0.2) is 4.79 Å². The number of anilines is 1. The van der Waals surface area contributed by atoms with E-state index >= 15 is 0 Å². The number of esters is 1. The van der Waals surface area contributed by atoms with Crippen LogP contribution in [0, 0.1) is 5.41 Å². The Kier molecular flexibility index (Phi) is 7.40. The zero-order valence-electron chi connectivity index (χ0n) is 16.8. The second-order valence-electron chi connectivity index (χ2n) is 7.50. The normalized spacial score (nSPS) is 12.0. The van der Waals surface area contributed by atoms with Crippen LogP contribution in [0.25, 0.3) is 0 Å². The molecule has 6 nitrogen and oxygen atoms in total. The van der Waals surface area contributed by atoms with Gasteiger partial charge >= 0.3 is 5.97 Å². The van der Waals surface area contributed by atoms with Gasteiger partial charge in [0.1, 0.15) is 5.75 Å². The first-order chi connectivity index (χ1) is 13.6. The van der Waals surface area contributed by atoms with Crippen molar-refractivity contribution in [1.82, 2.24) is 0 Å². The Morgan fingerprint density at radius 3 is 2.24 bits per heavy atom. The molecule has 1 N–H and O–H groups in total. The van der Waals surface area contributed by atoms with Gasteiger partial charge in [0.2, 0.25) is 11.7 Å². The maximum atomic E-state index is 12.5. The molecule has 2 aromatic rings. The van der Waals surface area contributed by atoms with Crippen LogP contribution in [0.2, 0.25) is 5.02 Å². The molecule has 0 bridgehead atoms. The lowest BCUT2D eigenvalue weighted by Crippen LogP contribution is -2.28. The molecule has 0 saturated heterocycles. The van der Waals surface area contributed by atoms with Crippen molar-refractivity contribution in [1.29, 1.82) is 0 Å². The molecule has 0 radical (unpaired) electrons. The topological polar surface area (TPSA) is 81.7 Å². The lowest BCUT2D eigenvalue weighted by molar-refractivity contribution is -0.148. The van der Waals surface area contributed by atoms with Gasteiger partial charge in [0.15, 0.2) is 12.7 Å². The van der Waals surface area contributed by atoms with E-state index in [0.29, 0.717) is 22.0 Å². The predicted molar refractivity (Wildman–Crippen MR) is 111 cm³/mol. The largest absolute Gasteiger partial charge is 0.480 e. The molecule has 0 aliphatic heterocycles. The minimum Gasteiger partial charge on any atom is -0.480 e. The number of nitrogens with one attached hydrogen (secondary N) is 1. The summed E-state index contributed by atoms with van der Waals surface area (Å²) in [6.45, 7) is 6.56. The van der Waals surface area contributed by atoms with Gasteiger partial charge in [-0.2, -0.15) is 0 Å². The number of carbonyl (C=O) groups is 3. The number of rotatable bonds is 7. The van der Waals surface area contributed by atoms with Crippen LogP contribution in [-0.4, -0.2) is 30.4 Å². The third-order valence-corrected chi connectivity index (χ3v) is 4.28. The molecular weight excluding hydrogens is 394 g/mol. The highest BCUT2D eigenvalue weighted by atomic mass is 35.5. The van der Waals surface area contributed by atoms with E-state index in [9.17, 15) is 14.4 Å². The first-order valence-corrected chi connectivity index (χ1v) is 9.48. The van der Waals surface area contributed by atoms with Crippen LogP contribution in [0.5, 0.6) is 5.75 Å². The van der Waals surface area contributed by atoms with Gasteiger partial charge < -0.3 is 14.8 Å². The van der Waals surface area contributed by atoms with E-state index in [-0.39, 0.29) is 18.3 Å². The maximum absolute atomic E-state index is 12.5. The minimum absolute atomic E-state index is 0.127. The Bertz CT molecular complexity index is 887. The molecule has 0 unspecified atom stereocenters. The van der Waals surface area contributed by atoms with Crippen molar-refractivity contribution < 1.29 is 23.9 Å². The Hall–Kier alpha value is -2.86. The number of ether oxygens (including phenoxy) is 2. The van der Waals surface area contributed by atoms with Crippen LogP contribution in [0.4, 0.5) is 5.69 Å². The summed E-state index contributed by atoms with van der Waals surface area (Å²) in [5.74, 6) is -0.806. The van der Waals surface area contributed by atoms with E-state index in [2.05, 4.69) is 5.32 Å². The standard InChI is InChI=1S/C22H24ClNO5/c1-14(29-19(25)13-28-18-8-6-5-7-17(18)23)20(26)15-9-11-16(12-10-15)24-21(27)22(2,3)4/h5-12,14H,13H2,1-4H3,(H,24,27)/t14-/m0/s1. The molecular formula is C22H24ClNO5. The van der Waals surface area contributed by atoms with Crippen LogP contribution < -0.4 is 10.1 Å². The first kappa shape index (κ1) is 22.4. The summed E-state index contributed by atoms with van der Waals surface area (Å²) in [6.07, 6.45) is -0.979. The SMILES string of the molecule is C[C@H](OC(=O)COc1ccccc1Cl)C(=O)c1ccc(NC(=O)C(C)(C)C)cc1. The van der Waals surface area contributed by atoms with E-state index in [4.69, 9.17) is 21.1 Å². The third-order valence-electron chi connectivity index (χ3n) is 3.97. The minimum atomic E-state index is -0.979. The van der Waals surface area contributed by atoms with Gasteiger partial charge in [0.05, 0.1) is 5.02 Å². The Morgan fingerprint density at radius 1 is 1.03 bits per heavy atom. The molecule has 154 valence electrons. The van der Waals surface area contributed by atoms with Gasteiger partial charge in [-0.3, -0.25) is 9.59 Å². The number of benzene rings is 2. The van der Waals surface area contributed by atoms with Crippen molar-refractivity contribution in [2.24, 2.45) is 5.41 Å². The van der Waals surface area contributed by atoms with E-state index < -0.39 is 17.5 Å². The van der Waals surface area contributed by atoms with Crippen molar-refractivity contribution in [3.8, 4) is 5.75 Å². The molecule has 7 heteroatoms. The molecule has 0 aliphatic rings. The number of hydrogen-bond acceptors (Lipinski definition) is 5. The van der Waals surface area contributed by atoms with Crippen molar-refractivity contribution in [2.75, 3.05) is 11.9 Å². The molecule has 2 rings (SSSR count). The second kappa shape index (κ2) is 9.56. The highest BCUT2D eigenvalue weighted by Gasteiger charge is 2.22. The second-order valence-corrected chi connectivity index (χ2v) is 7.90. The molecule has 29 heavy (non-hydrogen) atoms. The molecule has 1 amide bonds. The highest BCUT2D eigenvalue weighted by Crippen LogP contribution is 2.23. The number of hydrogen-bond donors (Lipinski definition) is 1. The molecule has 0 fully saturated rings. The average Bonchev–Trinajstić information content (AvgIpc) is 2.66. The van der Waals surface area contributed by atoms with Gasteiger partial charge in [0, 0.05) is 16.7 Å². The molecule has 0 aromatic heterocycles. The number of carbonyl (C=O) groups excluding carboxylic acids is 3. The number of ketones is 1. The van der Waals surface area contributed by atoms with Crippen LogP contribution in [0.15, 0.2) is 48.5 Å². The molecule has 2 aromatic carbocycles. The molecule has 0 heterocycles. The van der Waals surface area contributed by atoms with Gasteiger partial charge in [0.25, 0.3) is 0 Å². The summed E-state index contributed by atoms with van der Waals surface area (Å²) < 4.78 is 10.4. The van der Waals surface area contributed by atoms with Gasteiger partial charge in [-0.1, -0.05) is 44.5 Å². The fraction of sp³-hybridized carbons (Fsp3) is 0.318. The predicted octanol–water partition coefficient (Wildman–Crippen LogP) is 4.52. The van der Waals surface area contributed by atoms with Crippen molar-refractivity contribution in [3.63, 3.8) is 0 Å². The average molecular weight is 418 g/mol. The van der Waals surface area contributed by atoms with Crippen LogP contribution in [0.1, 0.15) is 38.1 Å². The Labute approximate surface area is 175 Å². The van der Waals surface area contributed by atoms with Crippen molar-refractivity contribution >= 4 is 34.9 Å². The monoisotopic (exact) mass is 417 g/mol. The smallest absolute Gasteiger partial charge is 0.344 e. The summed E-state index contributed by atoms with van der Waals surface area (Å²) in [6, 6.07) is 13.2. The molecule has 0 aliphatic carbocycles. The van der Waals surface area contributed by atoms with E-state index in [0.717, 1.165) is 0 Å². The summed E-state index contributed by atoms with van der Waals surface area (Å²) >= 11 is 5.96. The van der Waals surface area contributed by atoms with E-state index in [1.165, 1.54) is 6.92 Å². The van der Waals surface area contributed by atoms with Crippen molar-refractivity contribution in [2.45, 2.75) is 33.8 Å². The number of amides is 1. The van der Waals surface area contributed by atoms with E-state index in [1.807, 2.05) is 20.8 Å². The van der Waals surface area contributed by atoms with Gasteiger partial charge in [-0.15, -0.1) is 0 Å². The summed E-state index contributed by atoms with van der Waals surface area (Å²) in [5, 5.41) is 3.16. The molecule has 0 saturated carbocycles. The Morgan fingerprint density at radius 2 is 1.66 bits per heavy atom. The fourth-order valence-corrected chi connectivity index (χ4v) is 2.44. The lowest BCUT2D eigenvalue weighted by atomic mass is 9.95. The number of para-hydroxylation sites is 1. The summed E-state index contributed by atoms with van der Waals surface area (Å²) in [5.41, 5.74) is 0.425. The van der Waals surface area contributed by atoms with Crippen LogP contribution in [-0.2, 0) is 14.3 Å². The fourth-order valence-electron chi connectivity index (χ4n) is 2.25. The third kappa shape index (κ3) is 6.61. The summed E-state index contributed by atoms with van der Waals surface area (Å²) in [7, 11) is 0. The quantitative estimate of drug-likeness (QED) is 0.529. The molecule has 1 atom stereocenters. The maximum Gasteiger partial charge on any atom is 0.344 e. The zero-order valence-corrected chi connectivity index (χ0v) is 17.6. The molecule has 0 spiro atoms. The van der Waals surface area contributed by atoms with E-state index in [1.54, 1.807) is 48.5 Å². The summed E-state index contributed by atoms with van der Waals surface area (Å²) in [4.78, 5) is 36.4. The van der Waals surface area contributed by atoms with Crippen LogP contribution in [0.3, 0.4) is 0 Å².